The van der Waals surface area contributed by atoms with Crippen LogP contribution in [0.2, 0.25) is 0 Å². The third kappa shape index (κ3) is 3.79. The number of ketones is 1. The van der Waals surface area contributed by atoms with Crippen molar-refractivity contribution in [3.63, 3.8) is 0 Å². The third-order valence-corrected chi connectivity index (χ3v) is 4.24. The van der Waals surface area contributed by atoms with Crippen molar-refractivity contribution in [1.29, 1.82) is 0 Å². The molecule has 1 heterocycles. The molecule has 2 aromatic rings. The molecular formula is C20H29NO. The highest BCUT2D eigenvalue weighted by molar-refractivity contribution is 5.99. The van der Waals surface area contributed by atoms with Gasteiger partial charge in [0.05, 0.1) is 0 Å². The molecule has 2 heteroatoms. The van der Waals surface area contributed by atoms with E-state index in [2.05, 4.69) is 50.6 Å². The lowest BCUT2D eigenvalue weighted by molar-refractivity contribution is 0.0988. The summed E-state index contributed by atoms with van der Waals surface area (Å²) in [5, 5.41) is 1.18. The summed E-state index contributed by atoms with van der Waals surface area (Å²) >= 11 is 0. The van der Waals surface area contributed by atoms with Crippen LogP contribution in [0.25, 0.3) is 10.9 Å². The molecule has 0 atom stereocenters. The van der Waals surface area contributed by atoms with Gasteiger partial charge in [-0.2, -0.15) is 0 Å². The molecule has 1 aromatic heterocycles. The summed E-state index contributed by atoms with van der Waals surface area (Å²) in [6, 6.07) is 8.82. The van der Waals surface area contributed by atoms with Crippen LogP contribution in [-0.4, -0.2) is 10.4 Å². The van der Waals surface area contributed by atoms with Gasteiger partial charge in [-0.15, -0.1) is 0 Å². The first-order valence-electron chi connectivity index (χ1n) is 8.56. The Hall–Kier alpha value is -1.57. The van der Waals surface area contributed by atoms with Crippen LogP contribution in [0.4, 0.5) is 0 Å². The van der Waals surface area contributed by atoms with Gasteiger partial charge >= 0.3 is 0 Å². The van der Waals surface area contributed by atoms with E-state index in [1.165, 1.54) is 23.7 Å². The number of benzene rings is 1. The van der Waals surface area contributed by atoms with Crippen LogP contribution in [0.1, 0.15) is 70.3 Å². The van der Waals surface area contributed by atoms with Crippen LogP contribution in [0.15, 0.2) is 30.5 Å². The second-order valence-corrected chi connectivity index (χ2v) is 7.19. The van der Waals surface area contributed by atoms with Crippen molar-refractivity contribution >= 4 is 16.7 Å². The van der Waals surface area contributed by atoms with Gasteiger partial charge in [0.25, 0.3) is 0 Å². The number of hydrogen-bond acceptors (Lipinski definition) is 1. The van der Waals surface area contributed by atoms with Crippen LogP contribution < -0.4 is 0 Å². The molecule has 1 aromatic carbocycles. The molecule has 0 saturated heterocycles. The van der Waals surface area contributed by atoms with Crippen molar-refractivity contribution in [2.45, 2.75) is 59.9 Å². The van der Waals surface area contributed by atoms with E-state index in [0.29, 0.717) is 24.3 Å². The van der Waals surface area contributed by atoms with Crippen LogP contribution in [-0.2, 0) is 0 Å². The van der Waals surface area contributed by atoms with E-state index in [1.54, 1.807) is 0 Å². The quantitative estimate of drug-likeness (QED) is 0.586. The molecule has 0 unspecified atom stereocenters. The van der Waals surface area contributed by atoms with Crippen molar-refractivity contribution in [3.05, 3.63) is 36.0 Å². The highest BCUT2D eigenvalue weighted by Crippen LogP contribution is 2.30. The van der Waals surface area contributed by atoms with Crippen LogP contribution in [0, 0.1) is 11.8 Å². The monoisotopic (exact) mass is 299 g/mol. The predicted molar refractivity (Wildman–Crippen MR) is 94.5 cm³/mol. The van der Waals surface area contributed by atoms with Crippen molar-refractivity contribution in [2.75, 3.05) is 0 Å². The van der Waals surface area contributed by atoms with Crippen LogP contribution in [0.5, 0.6) is 0 Å². The average molecular weight is 299 g/mol. The highest BCUT2D eigenvalue weighted by atomic mass is 16.1. The van der Waals surface area contributed by atoms with E-state index >= 15 is 0 Å². The summed E-state index contributed by atoms with van der Waals surface area (Å²) in [4.78, 5) is 11.9. The first kappa shape index (κ1) is 16.8. The molecule has 0 spiro atoms. The number of rotatable bonds is 7. The number of fused-ring (bicyclic) bond motifs is 1. The van der Waals surface area contributed by atoms with Gasteiger partial charge in [-0.3, -0.25) is 4.79 Å². The lowest BCUT2D eigenvalue weighted by atomic mass is 9.95. The Labute approximate surface area is 134 Å². The lowest BCUT2D eigenvalue weighted by Crippen LogP contribution is -2.13. The maximum Gasteiger partial charge on any atom is 0.162 e. The van der Waals surface area contributed by atoms with E-state index in [9.17, 15) is 4.79 Å². The number of hydrogen-bond donors (Lipinski definition) is 0. The van der Waals surface area contributed by atoms with Gasteiger partial charge in [0, 0.05) is 35.1 Å². The van der Waals surface area contributed by atoms with Crippen molar-refractivity contribution in [3.8, 4) is 0 Å². The first-order valence-corrected chi connectivity index (χ1v) is 8.56. The molecule has 0 N–H and O–H groups in total. The maximum absolute atomic E-state index is 11.9. The van der Waals surface area contributed by atoms with E-state index in [-0.39, 0.29) is 5.78 Å². The Morgan fingerprint density at radius 1 is 1.05 bits per heavy atom. The van der Waals surface area contributed by atoms with E-state index < -0.39 is 0 Å². The van der Waals surface area contributed by atoms with Gasteiger partial charge in [-0.1, -0.05) is 34.6 Å². The molecule has 0 radical (unpaired) electrons. The number of carbonyl (C=O) groups is 1. The second-order valence-electron chi connectivity index (χ2n) is 7.19. The number of nitrogens with zero attached hydrogens (tertiary/aromatic N) is 1. The number of Topliss-reactive ketones (excluding diaryl/α,β-unsaturated/α-hetero) is 1. The molecular weight excluding hydrogens is 270 g/mol. The third-order valence-electron chi connectivity index (χ3n) is 4.24. The van der Waals surface area contributed by atoms with Gasteiger partial charge in [0.1, 0.15) is 0 Å². The first-order chi connectivity index (χ1) is 10.4. The Balaban J connectivity index is 2.39. The molecule has 0 aliphatic heterocycles. The smallest absolute Gasteiger partial charge is 0.162 e. The van der Waals surface area contributed by atoms with Crippen molar-refractivity contribution < 1.29 is 4.79 Å². The summed E-state index contributed by atoms with van der Waals surface area (Å²) in [5.74, 6) is 1.58. The van der Waals surface area contributed by atoms with E-state index in [1.807, 2.05) is 19.1 Å². The van der Waals surface area contributed by atoms with Gasteiger partial charge in [-0.05, 0) is 48.9 Å². The SMILES string of the molecule is CCC(=O)c1ccc2c(ccn2C(CC(C)C)CC(C)C)c1. The molecule has 0 saturated carbocycles. The largest absolute Gasteiger partial charge is 0.344 e. The second kappa shape index (κ2) is 7.13. The Morgan fingerprint density at radius 2 is 1.68 bits per heavy atom. The fourth-order valence-corrected chi connectivity index (χ4v) is 3.27. The minimum absolute atomic E-state index is 0.218. The molecule has 2 nitrogen and oxygen atoms in total. The molecule has 0 fully saturated rings. The normalized spacial score (nSPS) is 12.0. The zero-order valence-corrected chi connectivity index (χ0v) is 14.6. The highest BCUT2D eigenvalue weighted by Gasteiger charge is 2.17. The number of aromatic nitrogens is 1. The summed E-state index contributed by atoms with van der Waals surface area (Å²) in [5.41, 5.74) is 2.08. The zero-order valence-electron chi connectivity index (χ0n) is 14.6. The fraction of sp³-hybridized carbons (Fsp3) is 0.550. The standard InChI is InChI=1S/C20H29NO/c1-6-20(22)17-7-8-19-16(13-17)9-10-21(19)18(11-14(2)3)12-15(4)5/h7-10,13-15,18H,6,11-12H2,1-5H3. The molecule has 2 rings (SSSR count). The Kier molecular flexibility index (Phi) is 5.44. The summed E-state index contributed by atoms with van der Waals surface area (Å²) in [6.45, 7) is 11.1. The fourth-order valence-electron chi connectivity index (χ4n) is 3.27. The molecule has 0 aliphatic rings. The van der Waals surface area contributed by atoms with Gasteiger partial charge in [0.2, 0.25) is 0 Å². The molecule has 0 bridgehead atoms. The molecule has 22 heavy (non-hydrogen) atoms. The topological polar surface area (TPSA) is 22.0 Å². The minimum atomic E-state index is 0.218. The summed E-state index contributed by atoms with van der Waals surface area (Å²) < 4.78 is 2.41. The Morgan fingerprint density at radius 3 is 2.23 bits per heavy atom. The zero-order chi connectivity index (χ0) is 16.3. The van der Waals surface area contributed by atoms with Gasteiger partial charge in [0.15, 0.2) is 5.78 Å². The summed E-state index contributed by atoms with van der Waals surface area (Å²) in [6.07, 6.45) is 5.14. The van der Waals surface area contributed by atoms with Crippen molar-refractivity contribution in [1.82, 2.24) is 4.57 Å². The molecule has 0 aliphatic carbocycles. The Bertz CT molecular complexity index is 626. The van der Waals surface area contributed by atoms with E-state index in [4.69, 9.17) is 0 Å². The molecule has 0 amide bonds. The van der Waals surface area contributed by atoms with Gasteiger partial charge < -0.3 is 4.57 Å². The molecule has 120 valence electrons. The number of carbonyl (C=O) groups excluding carboxylic acids is 1. The van der Waals surface area contributed by atoms with E-state index in [0.717, 1.165) is 5.56 Å². The lowest BCUT2D eigenvalue weighted by Gasteiger charge is -2.24. The maximum atomic E-state index is 11.9. The van der Waals surface area contributed by atoms with Crippen LogP contribution in [0.3, 0.4) is 0 Å². The predicted octanol–water partition coefficient (Wildman–Crippen LogP) is 5.87. The van der Waals surface area contributed by atoms with Crippen LogP contribution >= 0.6 is 0 Å². The summed E-state index contributed by atoms with van der Waals surface area (Å²) in [7, 11) is 0. The van der Waals surface area contributed by atoms with Gasteiger partial charge in [-0.25, -0.2) is 0 Å². The average Bonchev–Trinajstić information content (AvgIpc) is 2.87. The van der Waals surface area contributed by atoms with Crippen molar-refractivity contribution in [2.24, 2.45) is 11.8 Å². The minimum Gasteiger partial charge on any atom is -0.344 e.